The molecule has 0 rings (SSSR count). The van der Waals surface area contributed by atoms with Crippen LogP contribution in [0.15, 0.2) is 97.2 Å². The third-order valence-electron chi connectivity index (χ3n) is 8.29. The summed E-state index contributed by atoms with van der Waals surface area (Å²) in [5, 5.41) is 20.5. The summed E-state index contributed by atoms with van der Waals surface area (Å²) in [6.07, 6.45) is 46.0. The van der Waals surface area contributed by atoms with Crippen LogP contribution in [0, 0.1) is 0 Å². The van der Waals surface area contributed by atoms with Crippen molar-refractivity contribution in [2.45, 2.75) is 161 Å². The van der Waals surface area contributed by atoms with E-state index in [9.17, 15) is 24.4 Å². The highest BCUT2D eigenvalue weighted by molar-refractivity contribution is 7.46. The molecule has 0 heterocycles. The number of ether oxygens (including phenoxy) is 2. The van der Waals surface area contributed by atoms with Gasteiger partial charge in [0.2, 0.25) is 0 Å². The SMILES string of the molecule is CCCCC/C=C\C/C=C\C/C=C\C/C=C\C/C=C\CCC(=O)O[C@H](COC(=O)CCCC(O)C(O)C/C=C\C/C=C\C/C=C\CCCCC)COP(=O)(O)O. The summed E-state index contributed by atoms with van der Waals surface area (Å²) >= 11 is 0. The molecule has 0 aliphatic rings. The smallest absolute Gasteiger partial charge is 0.462 e. The Labute approximate surface area is 338 Å². The van der Waals surface area contributed by atoms with Crippen LogP contribution in [-0.2, 0) is 28.2 Å². The number of carbonyl (C=O) groups excluding carboxylic acids is 2. The molecule has 11 heteroatoms. The lowest BCUT2D eigenvalue weighted by Crippen LogP contribution is -2.29. The summed E-state index contributed by atoms with van der Waals surface area (Å²) in [4.78, 5) is 42.8. The summed E-state index contributed by atoms with van der Waals surface area (Å²) in [6, 6.07) is 0. The first-order valence-electron chi connectivity index (χ1n) is 20.7. The van der Waals surface area contributed by atoms with Crippen molar-refractivity contribution in [3.8, 4) is 0 Å². The average Bonchev–Trinajstić information content (AvgIpc) is 3.16. The second-order valence-corrected chi connectivity index (χ2v) is 14.8. The second-order valence-electron chi connectivity index (χ2n) is 13.6. The molecule has 3 atom stereocenters. The van der Waals surface area contributed by atoms with Crippen LogP contribution in [0.2, 0.25) is 0 Å². The summed E-state index contributed by atoms with van der Waals surface area (Å²) in [5.41, 5.74) is 0. The number of hydrogen-bond acceptors (Lipinski definition) is 8. The van der Waals surface area contributed by atoms with Crippen LogP contribution in [0.5, 0.6) is 0 Å². The summed E-state index contributed by atoms with van der Waals surface area (Å²) in [6.45, 7) is 3.30. The van der Waals surface area contributed by atoms with Crippen molar-refractivity contribution < 1.29 is 48.2 Å². The van der Waals surface area contributed by atoms with Crippen molar-refractivity contribution in [1.82, 2.24) is 0 Å². The number of carbonyl (C=O) groups is 2. The fourth-order valence-electron chi connectivity index (χ4n) is 5.05. The Morgan fingerprint density at radius 3 is 1.45 bits per heavy atom. The number of allylic oxidation sites excluding steroid dienone is 15. The van der Waals surface area contributed by atoms with Gasteiger partial charge >= 0.3 is 19.8 Å². The van der Waals surface area contributed by atoms with Gasteiger partial charge in [-0.2, -0.15) is 0 Å². The maximum atomic E-state index is 12.4. The van der Waals surface area contributed by atoms with Crippen molar-refractivity contribution in [2.24, 2.45) is 0 Å². The number of phosphoric ester groups is 1. The lowest BCUT2D eigenvalue weighted by atomic mass is 10.0. The minimum Gasteiger partial charge on any atom is -0.462 e. The van der Waals surface area contributed by atoms with Crippen molar-refractivity contribution in [2.75, 3.05) is 13.2 Å². The van der Waals surface area contributed by atoms with E-state index in [1.165, 1.54) is 38.5 Å². The molecule has 0 bridgehead atoms. The van der Waals surface area contributed by atoms with Gasteiger partial charge in [0.1, 0.15) is 6.61 Å². The first-order valence-corrected chi connectivity index (χ1v) is 22.2. The summed E-state index contributed by atoms with van der Waals surface area (Å²) in [7, 11) is -4.85. The molecule has 0 aliphatic carbocycles. The number of phosphoric acid groups is 1. The van der Waals surface area contributed by atoms with E-state index in [0.29, 0.717) is 12.8 Å². The van der Waals surface area contributed by atoms with Gasteiger partial charge in [0.25, 0.3) is 0 Å². The third-order valence-corrected chi connectivity index (χ3v) is 8.78. The number of unbranched alkanes of at least 4 members (excludes halogenated alkanes) is 6. The molecule has 0 saturated heterocycles. The topological polar surface area (TPSA) is 160 Å². The Hall–Kier alpha value is -3.11. The lowest BCUT2D eigenvalue weighted by Gasteiger charge is -2.19. The van der Waals surface area contributed by atoms with Crippen LogP contribution in [0.3, 0.4) is 0 Å². The molecule has 0 spiro atoms. The van der Waals surface area contributed by atoms with Crippen LogP contribution in [-0.4, -0.2) is 63.5 Å². The molecule has 0 radical (unpaired) electrons. The highest BCUT2D eigenvalue weighted by Gasteiger charge is 2.23. The number of aliphatic hydroxyl groups is 2. The Morgan fingerprint density at radius 1 is 0.536 bits per heavy atom. The molecule has 2 unspecified atom stereocenters. The monoisotopic (exact) mass is 804 g/mol. The van der Waals surface area contributed by atoms with Gasteiger partial charge in [-0.05, 0) is 89.9 Å². The Balaban J connectivity index is 4.32. The van der Waals surface area contributed by atoms with E-state index in [1.807, 2.05) is 30.4 Å². The molecule has 0 aromatic carbocycles. The van der Waals surface area contributed by atoms with Crippen LogP contribution < -0.4 is 0 Å². The normalized spacial score (nSPS) is 14.6. The van der Waals surface area contributed by atoms with E-state index in [4.69, 9.17) is 19.3 Å². The lowest BCUT2D eigenvalue weighted by molar-refractivity contribution is -0.161. The minimum absolute atomic E-state index is 0.0223. The van der Waals surface area contributed by atoms with E-state index in [2.05, 4.69) is 85.2 Å². The number of aliphatic hydroxyl groups excluding tert-OH is 2. The Morgan fingerprint density at radius 2 is 0.982 bits per heavy atom. The van der Waals surface area contributed by atoms with Crippen LogP contribution in [0.4, 0.5) is 0 Å². The van der Waals surface area contributed by atoms with Crippen LogP contribution in [0.25, 0.3) is 0 Å². The van der Waals surface area contributed by atoms with Gasteiger partial charge in [-0.15, -0.1) is 0 Å². The standard InChI is InChI=1S/C45H73O10P/c1-3-5-7-9-11-13-15-17-18-19-20-21-22-23-25-27-29-31-33-37-45(49)55-41(40-54-56(50,51)52)39-53-44(48)38-34-36-43(47)42(46)35-32-30-28-26-24-16-14-12-10-8-6-4-2/h11-14,17-18,20-21,23-26,29-32,41-43,46-47H,3-10,15-16,19,22,27-28,33-40H2,1-2H3,(H2,50,51,52)/b13-11-,14-12-,18-17-,21-20-,25-23-,26-24-,31-29-,32-30-/t41-,42?,43?/m1/s1. The molecular formula is C45H73O10P. The Kier molecular flexibility index (Phi) is 36.6. The summed E-state index contributed by atoms with van der Waals surface area (Å²) < 4.78 is 26.1. The zero-order valence-corrected chi connectivity index (χ0v) is 35.1. The molecule has 0 saturated carbocycles. The Bertz CT molecular complexity index is 1260. The highest BCUT2D eigenvalue weighted by atomic mass is 31.2. The van der Waals surface area contributed by atoms with E-state index < -0.39 is 51.3 Å². The van der Waals surface area contributed by atoms with Gasteiger partial charge in [-0.3, -0.25) is 14.1 Å². The zero-order valence-electron chi connectivity index (χ0n) is 34.2. The molecule has 0 amide bonds. The van der Waals surface area contributed by atoms with E-state index in [1.54, 1.807) is 0 Å². The number of hydrogen-bond donors (Lipinski definition) is 4. The summed E-state index contributed by atoms with van der Waals surface area (Å²) in [5.74, 6) is -1.28. The molecule has 318 valence electrons. The van der Waals surface area contributed by atoms with Crippen molar-refractivity contribution in [3.63, 3.8) is 0 Å². The fraction of sp³-hybridized carbons (Fsp3) is 0.600. The van der Waals surface area contributed by atoms with E-state index >= 15 is 0 Å². The zero-order chi connectivity index (χ0) is 41.4. The van der Waals surface area contributed by atoms with Gasteiger partial charge < -0.3 is 29.5 Å². The average molecular weight is 805 g/mol. The van der Waals surface area contributed by atoms with Gasteiger partial charge in [-0.1, -0.05) is 137 Å². The molecular weight excluding hydrogens is 731 g/mol. The van der Waals surface area contributed by atoms with Crippen molar-refractivity contribution >= 4 is 19.8 Å². The quantitative estimate of drug-likeness (QED) is 0.0208. The number of rotatable bonds is 36. The molecule has 0 aromatic heterocycles. The molecule has 4 N–H and O–H groups in total. The van der Waals surface area contributed by atoms with E-state index in [-0.39, 0.29) is 32.1 Å². The second kappa shape index (κ2) is 38.7. The van der Waals surface area contributed by atoms with Crippen LogP contribution in [0.1, 0.15) is 142 Å². The minimum atomic E-state index is -4.85. The first-order chi connectivity index (χ1) is 27.1. The first kappa shape index (κ1) is 52.9. The van der Waals surface area contributed by atoms with Crippen LogP contribution >= 0.6 is 7.82 Å². The molecule has 0 aliphatic heterocycles. The highest BCUT2D eigenvalue weighted by Crippen LogP contribution is 2.36. The third kappa shape index (κ3) is 39.1. The largest absolute Gasteiger partial charge is 0.469 e. The van der Waals surface area contributed by atoms with E-state index in [0.717, 1.165) is 44.9 Å². The van der Waals surface area contributed by atoms with Gasteiger partial charge in [-0.25, -0.2) is 4.57 Å². The van der Waals surface area contributed by atoms with Gasteiger partial charge in [0, 0.05) is 12.8 Å². The van der Waals surface area contributed by atoms with Gasteiger partial charge in [0.05, 0.1) is 18.8 Å². The number of esters is 2. The fourth-order valence-corrected chi connectivity index (χ4v) is 5.41. The van der Waals surface area contributed by atoms with Crippen molar-refractivity contribution in [3.05, 3.63) is 97.2 Å². The maximum Gasteiger partial charge on any atom is 0.469 e. The maximum absolute atomic E-state index is 12.4. The molecule has 0 aromatic rings. The van der Waals surface area contributed by atoms with Gasteiger partial charge in [0.15, 0.2) is 6.10 Å². The molecule has 10 nitrogen and oxygen atoms in total. The predicted molar refractivity (Wildman–Crippen MR) is 228 cm³/mol. The predicted octanol–water partition coefficient (Wildman–Crippen LogP) is 10.6. The molecule has 0 fully saturated rings. The molecule has 56 heavy (non-hydrogen) atoms. The van der Waals surface area contributed by atoms with Crippen molar-refractivity contribution in [1.29, 1.82) is 0 Å².